The number of esters is 1. The Hall–Kier alpha value is -3.06. The summed E-state index contributed by atoms with van der Waals surface area (Å²) in [6, 6.07) is 17.1. The molecule has 6 nitrogen and oxygen atoms in total. The number of thiazole rings is 1. The number of aromatic nitrogens is 1. The number of nitrogens with zero attached hydrogens (tertiary/aromatic N) is 2. The molecule has 2 aliphatic heterocycles. The number of carbonyl (C=O) groups excluding carboxylic acids is 1. The summed E-state index contributed by atoms with van der Waals surface area (Å²) in [6.07, 6.45) is 0.577. The van der Waals surface area contributed by atoms with Crippen LogP contribution in [0.1, 0.15) is 24.9 Å². The first kappa shape index (κ1) is 18.9. The summed E-state index contributed by atoms with van der Waals surface area (Å²) in [5, 5.41) is 12.2. The molecule has 3 aromatic rings. The fourth-order valence-electron chi connectivity index (χ4n) is 4.84. The maximum Gasteiger partial charge on any atom is 0.343 e. The highest BCUT2D eigenvalue weighted by Crippen LogP contribution is 2.54. The zero-order valence-corrected chi connectivity index (χ0v) is 17.8. The van der Waals surface area contributed by atoms with Gasteiger partial charge in [0.25, 0.3) is 5.72 Å². The molecule has 154 valence electrons. The number of ether oxygens (including phenoxy) is 2. The third kappa shape index (κ3) is 2.35. The van der Waals surface area contributed by atoms with Gasteiger partial charge in [0.1, 0.15) is 10.6 Å². The number of carbonyl (C=O) groups is 1. The van der Waals surface area contributed by atoms with E-state index in [1.54, 1.807) is 0 Å². The van der Waals surface area contributed by atoms with Crippen LogP contribution in [0.4, 0.5) is 5.13 Å². The van der Waals surface area contributed by atoms with Crippen molar-refractivity contribution in [2.45, 2.75) is 25.1 Å². The lowest BCUT2D eigenvalue weighted by atomic mass is 9.77. The van der Waals surface area contributed by atoms with E-state index in [4.69, 9.17) is 9.47 Å². The van der Waals surface area contributed by atoms with E-state index in [1.807, 2.05) is 78.0 Å². The highest BCUT2D eigenvalue weighted by Gasteiger charge is 2.67. The molecule has 0 radical (unpaired) electrons. The van der Waals surface area contributed by atoms with Crippen LogP contribution < -0.4 is 14.2 Å². The first-order chi connectivity index (χ1) is 14.5. The Bertz CT molecular complexity index is 1130. The van der Waals surface area contributed by atoms with E-state index in [9.17, 15) is 9.90 Å². The number of hydrogen-bond acceptors (Lipinski definition) is 6. The van der Waals surface area contributed by atoms with Crippen LogP contribution in [0, 0.1) is 5.92 Å². The zero-order valence-electron chi connectivity index (χ0n) is 17.0. The van der Waals surface area contributed by atoms with E-state index in [2.05, 4.69) is 0 Å². The fraction of sp³-hybridized carbons (Fsp3) is 0.304. The summed E-state index contributed by atoms with van der Waals surface area (Å²) in [7, 11) is 3.32. The Morgan fingerprint density at radius 2 is 1.93 bits per heavy atom. The third-order valence-electron chi connectivity index (χ3n) is 6.29. The molecule has 0 fully saturated rings. The predicted molar refractivity (Wildman–Crippen MR) is 114 cm³/mol. The number of anilines is 1. The van der Waals surface area contributed by atoms with Crippen molar-refractivity contribution in [1.29, 1.82) is 0 Å². The van der Waals surface area contributed by atoms with Crippen LogP contribution in [-0.2, 0) is 9.53 Å². The zero-order chi connectivity index (χ0) is 21.0. The average molecular weight is 424 g/mol. The van der Waals surface area contributed by atoms with Crippen LogP contribution in [0.2, 0.25) is 0 Å². The summed E-state index contributed by atoms with van der Waals surface area (Å²) in [4.78, 5) is 15.8. The second-order valence-electron chi connectivity index (χ2n) is 7.62. The summed E-state index contributed by atoms with van der Waals surface area (Å²) < 4.78 is 13.6. The molecule has 1 aromatic heterocycles. The van der Waals surface area contributed by atoms with Crippen LogP contribution in [0.3, 0.4) is 0 Å². The standard InChI is InChI=1S/C23H22N2O4S/c1-4-23-17(21(27)28-3)18(15-12-8-9-13-16(15)29-23)25-20(26)19(30-22(25)24(23)2)14-10-6-5-7-11-14/h5-13,17-18H,4H2,1-3H3/p+1. The lowest BCUT2D eigenvalue weighted by Gasteiger charge is -2.49. The summed E-state index contributed by atoms with van der Waals surface area (Å²) in [5.41, 5.74) is 0.889. The lowest BCUT2D eigenvalue weighted by Crippen LogP contribution is -2.72. The van der Waals surface area contributed by atoms with Crippen molar-refractivity contribution in [2.24, 2.45) is 5.92 Å². The maximum absolute atomic E-state index is 13.1. The molecule has 7 heteroatoms. The molecular formula is C23H23N2O4S+. The molecule has 1 N–H and O–H groups in total. The Kier molecular flexibility index (Phi) is 4.25. The van der Waals surface area contributed by atoms with E-state index in [0.29, 0.717) is 6.42 Å². The molecule has 2 aliphatic rings. The number of rotatable bonds is 3. The predicted octanol–water partition coefficient (Wildman–Crippen LogP) is 3.74. The molecule has 2 aromatic carbocycles. The summed E-state index contributed by atoms with van der Waals surface area (Å²) in [5.74, 6) is -0.114. The van der Waals surface area contributed by atoms with E-state index in [0.717, 1.165) is 26.9 Å². The molecule has 0 saturated carbocycles. The topological polar surface area (TPSA) is 62.9 Å². The van der Waals surface area contributed by atoms with Gasteiger partial charge in [0, 0.05) is 12.0 Å². The monoisotopic (exact) mass is 423 g/mol. The summed E-state index contributed by atoms with van der Waals surface area (Å²) in [6.45, 7) is 2.01. The number of fused-ring (bicyclic) bond motifs is 6. The van der Waals surface area contributed by atoms with Gasteiger partial charge in [-0.2, -0.15) is 4.57 Å². The van der Waals surface area contributed by atoms with Gasteiger partial charge in [-0.15, -0.1) is 0 Å². The average Bonchev–Trinajstić information content (AvgIpc) is 3.13. The number of para-hydroxylation sites is 1. The van der Waals surface area contributed by atoms with Crippen molar-refractivity contribution in [3.8, 4) is 22.1 Å². The normalized spacial score (nSPS) is 23.9. The summed E-state index contributed by atoms with van der Waals surface area (Å²) >= 11 is 1.50. The van der Waals surface area contributed by atoms with Gasteiger partial charge in [-0.25, -0.2) is 4.90 Å². The second kappa shape index (κ2) is 6.74. The molecule has 5 rings (SSSR count). The largest absolute Gasteiger partial charge is 0.477 e. The van der Waals surface area contributed by atoms with Gasteiger partial charge >= 0.3 is 17.0 Å². The van der Waals surface area contributed by atoms with Gasteiger partial charge in [0.05, 0.1) is 14.2 Å². The van der Waals surface area contributed by atoms with E-state index >= 15 is 0 Å². The molecule has 3 unspecified atom stereocenters. The molecule has 3 heterocycles. The number of hydrogen-bond donors (Lipinski definition) is 1. The van der Waals surface area contributed by atoms with Crippen molar-refractivity contribution in [2.75, 3.05) is 19.1 Å². The first-order valence-corrected chi connectivity index (χ1v) is 10.8. The van der Waals surface area contributed by atoms with Gasteiger partial charge in [-0.3, -0.25) is 4.79 Å². The number of methoxy groups -OCH3 is 1. The molecule has 0 saturated heterocycles. The van der Waals surface area contributed by atoms with Crippen molar-refractivity contribution >= 4 is 22.4 Å². The Balaban J connectivity index is 1.83. The van der Waals surface area contributed by atoms with Crippen LogP contribution in [-0.4, -0.2) is 31.0 Å². The minimum atomic E-state index is -0.905. The van der Waals surface area contributed by atoms with Crippen molar-refractivity contribution in [3.05, 3.63) is 60.2 Å². The highest BCUT2D eigenvalue weighted by atomic mass is 32.1. The minimum absolute atomic E-state index is 0.147. The van der Waals surface area contributed by atoms with Gasteiger partial charge < -0.3 is 14.6 Å². The highest BCUT2D eigenvalue weighted by molar-refractivity contribution is 7.18. The van der Waals surface area contributed by atoms with Gasteiger partial charge in [-0.1, -0.05) is 55.5 Å². The molecule has 2 bridgehead atoms. The molecule has 30 heavy (non-hydrogen) atoms. The third-order valence-corrected chi connectivity index (χ3v) is 7.56. The van der Waals surface area contributed by atoms with Crippen LogP contribution in [0.25, 0.3) is 10.4 Å². The van der Waals surface area contributed by atoms with Crippen LogP contribution in [0.15, 0.2) is 54.6 Å². The SMILES string of the molecule is CCC12Oc3ccccc3C(C1C(=O)OC)[n+]1c(sc(-c3ccccc3)c1O)N2C. The van der Waals surface area contributed by atoms with E-state index in [-0.39, 0.29) is 11.8 Å². The quantitative estimate of drug-likeness (QED) is 0.514. The van der Waals surface area contributed by atoms with Gasteiger partial charge in [0.2, 0.25) is 0 Å². The Morgan fingerprint density at radius 1 is 1.23 bits per heavy atom. The van der Waals surface area contributed by atoms with Crippen molar-refractivity contribution < 1.29 is 23.9 Å². The van der Waals surface area contributed by atoms with Gasteiger partial charge in [-0.05, 0) is 23.0 Å². The number of benzene rings is 2. The Labute approximate surface area is 178 Å². The maximum atomic E-state index is 13.1. The van der Waals surface area contributed by atoms with Gasteiger partial charge in [0.15, 0.2) is 12.0 Å². The fourth-order valence-corrected chi connectivity index (χ4v) is 6.05. The second-order valence-corrected chi connectivity index (χ2v) is 8.59. The molecule has 0 aliphatic carbocycles. The minimum Gasteiger partial charge on any atom is -0.477 e. The Morgan fingerprint density at radius 3 is 2.63 bits per heavy atom. The molecule has 3 atom stereocenters. The smallest absolute Gasteiger partial charge is 0.343 e. The van der Waals surface area contributed by atoms with Crippen LogP contribution in [0.5, 0.6) is 11.6 Å². The molecule has 0 amide bonds. The van der Waals surface area contributed by atoms with Crippen LogP contribution >= 0.6 is 11.3 Å². The lowest BCUT2D eigenvalue weighted by molar-refractivity contribution is -0.718. The molecule has 0 spiro atoms. The number of aromatic hydroxyl groups is 1. The first-order valence-electron chi connectivity index (χ1n) is 9.95. The van der Waals surface area contributed by atoms with E-state index in [1.165, 1.54) is 18.4 Å². The van der Waals surface area contributed by atoms with Crippen molar-refractivity contribution in [3.63, 3.8) is 0 Å². The van der Waals surface area contributed by atoms with Crippen molar-refractivity contribution in [1.82, 2.24) is 0 Å². The molecular weight excluding hydrogens is 400 g/mol. The van der Waals surface area contributed by atoms with E-state index < -0.39 is 17.7 Å².